The van der Waals surface area contributed by atoms with E-state index in [1.165, 1.54) is 19.3 Å². The Balaban J connectivity index is 2.16. The van der Waals surface area contributed by atoms with Crippen LogP contribution in [0.1, 0.15) is 37.7 Å². The van der Waals surface area contributed by atoms with Gasteiger partial charge in [-0.3, -0.25) is 0 Å². The van der Waals surface area contributed by atoms with Gasteiger partial charge >= 0.3 is 0 Å². The number of anilines is 1. The van der Waals surface area contributed by atoms with E-state index in [2.05, 4.69) is 21.2 Å². The molecule has 17 heavy (non-hydrogen) atoms. The van der Waals surface area contributed by atoms with E-state index in [1.54, 1.807) is 12.1 Å². The minimum atomic E-state index is -0.366. The Kier molecular flexibility index (Phi) is 4.01. The molecule has 1 aromatic carbocycles. The van der Waals surface area contributed by atoms with Crippen molar-refractivity contribution in [1.29, 1.82) is 5.26 Å². The van der Waals surface area contributed by atoms with Gasteiger partial charge in [-0.15, -0.1) is 0 Å². The molecule has 4 heteroatoms. The maximum absolute atomic E-state index is 13.9. The maximum Gasteiger partial charge on any atom is 0.161 e. The normalized spacial score (nSPS) is 16.5. The van der Waals surface area contributed by atoms with Crippen LogP contribution >= 0.6 is 15.9 Å². The number of nitrogens with zero attached hydrogens (tertiary/aromatic N) is 1. The number of nitriles is 1. The number of rotatable bonds is 2. The second-order valence-corrected chi connectivity index (χ2v) is 5.17. The molecule has 0 atom stereocenters. The summed E-state index contributed by atoms with van der Waals surface area (Å²) < 4.78 is 14.2. The van der Waals surface area contributed by atoms with Gasteiger partial charge in [0.2, 0.25) is 0 Å². The van der Waals surface area contributed by atoms with Crippen molar-refractivity contribution >= 4 is 21.6 Å². The minimum Gasteiger partial charge on any atom is -0.380 e. The predicted octanol–water partition coefficient (Wildman–Crippen LogP) is 4.20. The van der Waals surface area contributed by atoms with Crippen LogP contribution in [0.5, 0.6) is 0 Å². The minimum absolute atomic E-state index is 0.251. The fourth-order valence-corrected chi connectivity index (χ4v) is 2.65. The number of hydrogen-bond donors (Lipinski definition) is 1. The summed E-state index contributed by atoms with van der Waals surface area (Å²) in [6.07, 6.45) is 5.87. The molecule has 2 nitrogen and oxygen atoms in total. The van der Waals surface area contributed by atoms with Crippen molar-refractivity contribution in [1.82, 2.24) is 0 Å². The van der Waals surface area contributed by atoms with E-state index in [-0.39, 0.29) is 10.3 Å². The summed E-state index contributed by atoms with van der Waals surface area (Å²) in [5.74, 6) is -0.366. The zero-order chi connectivity index (χ0) is 12.3. The Morgan fingerprint density at radius 1 is 1.29 bits per heavy atom. The van der Waals surface area contributed by atoms with Crippen LogP contribution in [0.4, 0.5) is 10.1 Å². The first kappa shape index (κ1) is 12.4. The van der Waals surface area contributed by atoms with Crippen LogP contribution in [0.25, 0.3) is 0 Å². The zero-order valence-electron chi connectivity index (χ0n) is 9.47. The lowest BCUT2D eigenvalue weighted by Gasteiger charge is -2.24. The predicted molar refractivity (Wildman–Crippen MR) is 69.3 cm³/mol. The molecule has 0 aliphatic heterocycles. The molecule has 1 aliphatic rings. The van der Waals surface area contributed by atoms with E-state index < -0.39 is 0 Å². The largest absolute Gasteiger partial charge is 0.380 e. The van der Waals surface area contributed by atoms with Crippen molar-refractivity contribution in [3.8, 4) is 6.07 Å². The first-order valence-electron chi connectivity index (χ1n) is 5.87. The number of benzene rings is 1. The molecule has 0 radical (unpaired) electrons. The van der Waals surface area contributed by atoms with Crippen molar-refractivity contribution < 1.29 is 4.39 Å². The Morgan fingerprint density at radius 3 is 2.65 bits per heavy atom. The van der Waals surface area contributed by atoms with Gasteiger partial charge in [0.25, 0.3) is 0 Å². The van der Waals surface area contributed by atoms with Gasteiger partial charge in [0.05, 0.1) is 15.7 Å². The third kappa shape index (κ3) is 2.78. The van der Waals surface area contributed by atoms with Crippen LogP contribution in [0.15, 0.2) is 16.6 Å². The molecule has 1 aliphatic carbocycles. The van der Waals surface area contributed by atoms with Crippen molar-refractivity contribution in [3.05, 3.63) is 28.0 Å². The summed E-state index contributed by atoms with van der Waals surface area (Å²) in [4.78, 5) is 0. The van der Waals surface area contributed by atoms with Gasteiger partial charge in [0.1, 0.15) is 6.07 Å². The van der Waals surface area contributed by atoms with Crippen LogP contribution in [-0.4, -0.2) is 6.04 Å². The van der Waals surface area contributed by atoms with Gasteiger partial charge in [-0.2, -0.15) is 5.26 Å². The van der Waals surface area contributed by atoms with Gasteiger partial charge in [-0.25, -0.2) is 4.39 Å². The average molecular weight is 297 g/mol. The summed E-state index contributed by atoms with van der Waals surface area (Å²) in [7, 11) is 0. The van der Waals surface area contributed by atoms with Crippen LogP contribution in [-0.2, 0) is 0 Å². The third-order valence-corrected chi connectivity index (χ3v) is 3.94. The van der Waals surface area contributed by atoms with Gasteiger partial charge in [0.15, 0.2) is 5.82 Å². The zero-order valence-corrected chi connectivity index (χ0v) is 11.1. The topological polar surface area (TPSA) is 35.8 Å². The maximum atomic E-state index is 13.9. The lowest BCUT2D eigenvalue weighted by molar-refractivity contribution is 0.460. The highest BCUT2D eigenvalue weighted by Gasteiger charge is 2.16. The molecule has 1 N–H and O–H groups in total. The van der Waals surface area contributed by atoms with Crippen molar-refractivity contribution in [2.45, 2.75) is 38.1 Å². The summed E-state index contributed by atoms with van der Waals surface area (Å²) in [6, 6.07) is 5.59. The molecule has 1 saturated carbocycles. The van der Waals surface area contributed by atoms with Crippen molar-refractivity contribution in [2.24, 2.45) is 0 Å². The van der Waals surface area contributed by atoms with Gasteiger partial charge in [-0.1, -0.05) is 19.3 Å². The van der Waals surface area contributed by atoms with Gasteiger partial charge in [0, 0.05) is 6.04 Å². The molecular formula is C13H14BrFN2. The first-order valence-corrected chi connectivity index (χ1v) is 6.66. The second kappa shape index (κ2) is 5.50. The second-order valence-electron chi connectivity index (χ2n) is 4.38. The van der Waals surface area contributed by atoms with E-state index >= 15 is 0 Å². The van der Waals surface area contributed by atoms with Crippen molar-refractivity contribution in [3.63, 3.8) is 0 Å². The Bertz CT molecular complexity index is 447. The van der Waals surface area contributed by atoms with Crippen LogP contribution in [0, 0.1) is 17.1 Å². The molecule has 0 saturated heterocycles. The molecule has 1 fully saturated rings. The summed E-state index contributed by atoms with van der Waals surface area (Å²) >= 11 is 3.12. The number of nitrogens with one attached hydrogen (secondary N) is 1. The fourth-order valence-electron chi connectivity index (χ4n) is 2.21. The SMILES string of the molecule is N#Cc1ccc(NC2CCCCC2)c(F)c1Br. The van der Waals surface area contributed by atoms with Crippen LogP contribution in [0.2, 0.25) is 0 Å². The average Bonchev–Trinajstić information content (AvgIpc) is 2.37. The molecule has 0 unspecified atom stereocenters. The highest BCUT2D eigenvalue weighted by Crippen LogP contribution is 2.29. The standard InChI is InChI=1S/C13H14BrFN2/c14-12-9(8-16)6-7-11(13(12)15)17-10-4-2-1-3-5-10/h6-7,10,17H,1-5H2. The lowest BCUT2D eigenvalue weighted by Crippen LogP contribution is -2.22. The molecule has 1 aromatic rings. The molecular weight excluding hydrogens is 283 g/mol. The van der Waals surface area contributed by atoms with E-state index in [4.69, 9.17) is 5.26 Å². The Morgan fingerprint density at radius 2 is 2.00 bits per heavy atom. The fraction of sp³-hybridized carbons (Fsp3) is 0.462. The molecule has 0 heterocycles. The number of halogens is 2. The van der Waals surface area contributed by atoms with Gasteiger partial charge in [-0.05, 0) is 40.9 Å². The molecule has 0 bridgehead atoms. The summed E-state index contributed by atoms with van der Waals surface area (Å²) in [5, 5.41) is 12.0. The van der Waals surface area contributed by atoms with Gasteiger partial charge < -0.3 is 5.32 Å². The monoisotopic (exact) mass is 296 g/mol. The highest BCUT2D eigenvalue weighted by atomic mass is 79.9. The van der Waals surface area contributed by atoms with Crippen LogP contribution in [0.3, 0.4) is 0 Å². The van der Waals surface area contributed by atoms with Crippen molar-refractivity contribution in [2.75, 3.05) is 5.32 Å². The molecule has 0 spiro atoms. The number of hydrogen-bond acceptors (Lipinski definition) is 2. The van der Waals surface area contributed by atoms with E-state index in [9.17, 15) is 4.39 Å². The summed E-state index contributed by atoms with van der Waals surface area (Å²) in [5.41, 5.74) is 0.819. The smallest absolute Gasteiger partial charge is 0.161 e. The molecule has 2 rings (SSSR count). The molecule has 0 amide bonds. The Labute approximate surface area is 109 Å². The quantitative estimate of drug-likeness (QED) is 0.887. The summed E-state index contributed by atoms with van der Waals surface area (Å²) in [6.45, 7) is 0. The van der Waals surface area contributed by atoms with E-state index in [1.807, 2.05) is 6.07 Å². The van der Waals surface area contributed by atoms with E-state index in [0.29, 0.717) is 17.3 Å². The Hall–Kier alpha value is -1.08. The van der Waals surface area contributed by atoms with E-state index in [0.717, 1.165) is 12.8 Å². The third-order valence-electron chi connectivity index (χ3n) is 3.17. The van der Waals surface area contributed by atoms with Crippen LogP contribution < -0.4 is 5.32 Å². The first-order chi connectivity index (χ1) is 8.22. The highest BCUT2D eigenvalue weighted by molar-refractivity contribution is 9.10. The lowest BCUT2D eigenvalue weighted by atomic mass is 9.95. The molecule has 0 aromatic heterocycles. The molecule has 90 valence electrons.